The molecular weight excluding hydrogens is 280 g/mol. The summed E-state index contributed by atoms with van der Waals surface area (Å²) in [6, 6.07) is 4.80. The molecular formula is C12H14N4O3S. The van der Waals surface area contributed by atoms with Crippen molar-refractivity contribution in [2.75, 3.05) is 7.11 Å². The van der Waals surface area contributed by atoms with E-state index >= 15 is 0 Å². The van der Waals surface area contributed by atoms with Crippen LogP contribution in [-0.2, 0) is 0 Å². The average Bonchev–Trinajstić information content (AvgIpc) is 2.79. The van der Waals surface area contributed by atoms with Gasteiger partial charge in [0.25, 0.3) is 0 Å². The SMILES string of the molecule is COc1ccc(-c2n[nH]c(=S)n2C(C)C)cc1[N+](=O)[O-]. The van der Waals surface area contributed by atoms with E-state index in [2.05, 4.69) is 10.2 Å². The van der Waals surface area contributed by atoms with Gasteiger partial charge in [-0.3, -0.25) is 19.8 Å². The number of H-pyrrole nitrogens is 1. The summed E-state index contributed by atoms with van der Waals surface area (Å²) in [6.45, 7) is 3.93. The maximum Gasteiger partial charge on any atom is 0.311 e. The first-order valence-electron chi connectivity index (χ1n) is 5.95. The van der Waals surface area contributed by atoms with Gasteiger partial charge >= 0.3 is 5.69 Å². The van der Waals surface area contributed by atoms with E-state index in [-0.39, 0.29) is 17.5 Å². The van der Waals surface area contributed by atoms with Crippen molar-refractivity contribution in [1.29, 1.82) is 0 Å². The molecule has 0 fully saturated rings. The van der Waals surface area contributed by atoms with E-state index in [0.29, 0.717) is 16.2 Å². The van der Waals surface area contributed by atoms with E-state index < -0.39 is 4.92 Å². The standard InChI is InChI=1S/C12H14N4O3S/c1-7(2)15-11(13-14-12(15)20)8-4-5-10(19-3)9(6-8)16(17)18/h4-7H,1-3H3,(H,14,20). The fourth-order valence-corrected chi connectivity index (χ4v) is 2.30. The summed E-state index contributed by atoms with van der Waals surface area (Å²) in [7, 11) is 1.40. The zero-order valence-corrected chi connectivity index (χ0v) is 12.1. The van der Waals surface area contributed by atoms with Crippen LogP contribution >= 0.6 is 12.2 Å². The largest absolute Gasteiger partial charge is 0.490 e. The van der Waals surface area contributed by atoms with Crippen LogP contribution in [0.5, 0.6) is 5.75 Å². The van der Waals surface area contributed by atoms with Gasteiger partial charge < -0.3 is 4.74 Å². The lowest BCUT2D eigenvalue weighted by Gasteiger charge is -2.10. The summed E-state index contributed by atoms with van der Waals surface area (Å²) < 4.78 is 7.27. The van der Waals surface area contributed by atoms with Crippen molar-refractivity contribution in [2.45, 2.75) is 19.9 Å². The Morgan fingerprint density at radius 3 is 2.75 bits per heavy atom. The second kappa shape index (κ2) is 5.41. The van der Waals surface area contributed by atoms with Gasteiger partial charge in [0.2, 0.25) is 0 Å². The Hall–Kier alpha value is -2.22. The number of nitro benzene ring substituents is 1. The van der Waals surface area contributed by atoms with Crippen molar-refractivity contribution in [2.24, 2.45) is 0 Å². The molecule has 0 saturated carbocycles. The summed E-state index contributed by atoms with van der Waals surface area (Å²) in [5, 5.41) is 17.9. The van der Waals surface area contributed by atoms with Crippen molar-refractivity contribution in [3.8, 4) is 17.1 Å². The van der Waals surface area contributed by atoms with Gasteiger partial charge in [0, 0.05) is 17.7 Å². The Bertz CT molecular complexity index is 705. The Morgan fingerprint density at radius 2 is 2.20 bits per heavy atom. The predicted octanol–water partition coefficient (Wildman–Crippen LogP) is 3.11. The Labute approximate surface area is 120 Å². The van der Waals surface area contributed by atoms with E-state index in [9.17, 15) is 10.1 Å². The molecule has 106 valence electrons. The number of hydrogen-bond acceptors (Lipinski definition) is 5. The zero-order chi connectivity index (χ0) is 14.9. The summed E-state index contributed by atoms with van der Waals surface area (Å²) in [6.07, 6.45) is 0. The van der Waals surface area contributed by atoms with Crippen LogP contribution in [0, 0.1) is 14.9 Å². The Balaban J connectivity index is 2.63. The molecule has 1 heterocycles. The monoisotopic (exact) mass is 294 g/mol. The van der Waals surface area contributed by atoms with Crippen LogP contribution in [0.15, 0.2) is 18.2 Å². The third-order valence-electron chi connectivity index (χ3n) is 2.85. The number of nitro groups is 1. The maximum atomic E-state index is 11.1. The lowest BCUT2D eigenvalue weighted by Crippen LogP contribution is -2.03. The molecule has 0 spiro atoms. The number of aromatic nitrogens is 3. The van der Waals surface area contributed by atoms with Crippen LogP contribution in [0.2, 0.25) is 0 Å². The van der Waals surface area contributed by atoms with Crippen molar-refractivity contribution in [1.82, 2.24) is 14.8 Å². The first kappa shape index (κ1) is 14.2. The molecule has 8 heteroatoms. The number of ether oxygens (including phenoxy) is 1. The normalized spacial score (nSPS) is 10.8. The van der Waals surface area contributed by atoms with E-state index in [1.807, 2.05) is 13.8 Å². The highest BCUT2D eigenvalue weighted by atomic mass is 32.1. The molecule has 0 aliphatic rings. The molecule has 0 unspecified atom stereocenters. The van der Waals surface area contributed by atoms with Crippen LogP contribution in [0.4, 0.5) is 5.69 Å². The quantitative estimate of drug-likeness (QED) is 0.532. The summed E-state index contributed by atoms with van der Waals surface area (Å²) in [4.78, 5) is 10.6. The van der Waals surface area contributed by atoms with Gasteiger partial charge in [0.1, 0.15) is 0 Å². The molecule has 1 aromatic carbocycles. The first-order valence-corrected chi connectivity index (χ1v) is 6.36. The molecule has 2 aromatic rings. The van der Waals surface area contributed by atoms with Crippen LogP contribution < -0.4 is 4.74 Å². The highest BCUT2D eigenvalue weighted by Gasteiger charge is 2.19. The number of methoxy groups -OCH3 is 1. The topological polar surface area (TPSA) is 86.0 Å². The highest BCUT2D eigenvalue weighted by molar-refractivity contribution is 7.71. The minimum absolute atomic E-state index is 0.0948. The molecule has 0 aliphatic heterocycles. The number of hydrogen-bond donors (Lipinski definition) is 1. The van der Waals surface area contributed by atoms with Gasteiger partial charge in [-0.05, 0) is 38.2 Å². The molecule has 1 aromatic heterocycles. The fourth-order valence-electron chi connectivity index (χ4n) is 1.96. The summed E-state index contributed by atoms with van der Waals surface area (Å²) in [5.41, 5.74) is 0.507. The number of nitrogens with zero attached hydrogens (tertiary/aromatic N) is 3. The number of benzene rings is 1. The van der Waals surface area contributed by atoms with Crippen LogP contribution in [0.3, 0.4) is 0 Å². The molecule has 0 aliphatic carbocycles. The van der Waals surface area contributed by atoms with Crippen molar-refractivity contribution in [3.63, 3.8) is 0 Å². The van der Waals surface area contributed by atoms with Crippen LogP contribution in [-0.4, -0.2) is 26.8 Å². The summed E-state index contributed by atoms with van der Waals surface area (Å²) in [5.74, 6) is 0.778. The molecule has 0 atom stereocenters. The molecule has 0 amide bonds. The minimum atomic E-state index is -0.483. The number of nitrogens with one attached hydrogen (secondary N) is 1. The number of aromatic amines is 1. The molecule has 0 bridgehead atoms. The first-order chi connectivity index (χ1) is 9.45. The van der Waals surface area contributed by atoms with E-state index in [4.69, 9.17) is 17.0 Å². The maximum absolute atomic E-state index is 11.1. The predicted molar refractivity (Wildman–Crippen MR) is 76.4 cm³/mol. The minimum Gasteiger partial charge on any atom is -0.490 e. The Morgan fingerprint density at radius 1 is 1.50 bits per heavy atom. The van der Waals surface area contributed by atoms with E-state index in [1.54, 1.807) is 16.7 Å². The molecule has 0 radical (unpaired) electrons. The third kappa shape index (κ3) is 2.42. The van der Waals surface area contributed by atoms with Gasteiger partial charge in [-0.1, -0.05) is 0 Å². The molecule has 7 nitrogen and oxygen atoms in total. The summed E-state index contributed by atoms with van der Waals surface area (Å²) >= 11 is 5.17. The smallest absolute Gasteiger partial charge is 0.311 e. The molecule has 20 heavy (non-hydrogen) atoms. The van der Waals surface area contributed by atoms with E-state index in [1.165, 1.54) is 13.2 Å². The molecule has 1 N–H and O–H groups in total. The van der Waals surface area contributed by atoms with Gasteiger partial charge in [0.05, 0.1) is 12.0 Å². The van der Waals surface area contributed by atoms with Crippen LogP contribution in [0.1, 0.15) is 19.9 Å². The Kier molecular flexibility index (Phi) is 3.84. The molecule has 2 rings (SSSR count). The van der Waals surface area contributed by atoms with Crippen molar-refractivity contribution < 1.29 is 9.66 Å². The van der Waals surface area contributed by atoms with Crippen molar-refractivity contribution in [3.05, 3.63) is 33.1 Å². The molecule has 0 saturated heterocycles. The second-order valence-corrected chi connectivity index (χ2v) is 4.85. The van der Waals surface area contributed by atoms with Gasteiger partial charge in [-0.2, -0.15) is 5.10 Å². The number of rotatable bonds is 4. The third-order valence-corrected chi connectivity index (χ3v) is 3.14. The lowest BCUT2D eigenvalue weighted by molar-refractivity contribution is -0.385. The van der Waals surface area contributed by atoms with Crippen LogP contribution in [0.25, 0.3) is 11.4 Å². The fraction of sp³-hybridized carbons (Fsp3) is 0.333. The van der Waals surface area contributed by atoms with Gasteiger partial charge in [0.15, 0.2) is 16.3 Å². The van der Waals surface area contributed by atoms with Gasteiger partial charge in [-0.25, -0.2) is 0 Å². The lowest BCUT2D eigenvalue weighted by atomic mass is 10.1. The highest BCUT2D eigenvalue weighted by Crippen LogP contribution is 2.32. The van der Waals surface area contributed by atoms with Gasteiger partial charge in [-0.15, -0.1) is 0 Å². The average molecular weight is 294 g/mol. The zero-order valence-electron chi connectivity index (χ0n) is 11.3. The van der Waals surface area contributed by atoms with E-state index in [0.717, 1.165) is 0 Å². The van der Waals surface area contributed by atoms with Crippen molar-refractivity contribution >= 4 is 17.9 Å². The second-order valence-electron chi connectivity index (χ2n) is 4.46.